The molecule has 0 spiro atoms. The van der Waals surface area contributed by atoms with Gasteiger partial charge in [0.2, 0.25) is 0 Å². The number of hydrogen-bond acceptors (Lipinski definition) is 2. The number of benzene rings is 1. The quantitative estimate of drug-likeness (QED) is 0.725. The molecule has 22 heavy (non-hydrogen) atoms. The lowest BCUT2D eigenvalue weighted by Gasteiger charge is -2.40. The summed E-state index contributed by atoms with van der Waals surface area (Å²) in [5, 5.41) is 0. The Labute approximate surface area is 127 Å². The van der Waals surface area contributed by atoms with Crippen molar-refractivity contribution in [2.75, 3.05) is 39.8 Å². The van der Waals surface area contributed by atoms with E-state index in [0.29, 0.717) is 24.1 Å². The molecule has 8 heteroatoms. The molecule has 2 rings (SSSR count). The molecule has 1 aliphatic rings. The highest BCUT2D eigenvalue weighted by Crippen LogP contribution is 3.02. The lowest BCUT2D eigenvalue weighted by atomic mass is 10.1. The van der Waals surface area contributed by atoms with E-state index < -0.39 is 15.1 Å². The molecule has 0 N–H and O–H groups in total. The molecule has 0 aliphatic carbocycles. The van der Waals surface area contributed by atoms with Crippen LogP contribution in [0.3, 0.4) is 0 Å². The Morgan fingerprint density at radius 1 is 0.909 bits per heavy atom. The molecule has 2 nitrogen and oxygen atoms in total. The zero-order valence-electron chi connectivity index (χ0n) is 12.5. The molecule has 0 radical (unpaired) electrons. The lowest BCUT2D eigenvalue weighted by molar-refractivity contribution is 0.153. The molecule has 1 aromatic carbocycles. The topological polar surface area (TPSA) is 6.48 Å². The van der Waals surface area contributed by atoms with Crippen LogP contribution in [0.5, 0.6) is 0 Å². The van der Waals surface area contributed by atoms with Crippen molar-refractivity contribution in [3.63, 3.8) is 0 Å². The van der Waals surface area contributed by atoms with Crippen molar-refractivity contribution < 1.29 is 19.4 Å². The van der Waals surface area contributed by atoms with Crippen molar-refractivity contribution in [3.05, 3.63) is 29.8 Å². The molecule has 0 saturated carbocycles. The minimum Gasteiger partial charge on any atom is -0.304 e. The largest absolute Gasteiger partial charge is 0.310 e. The van der Waals surface area contributed by atoms with Gasteiger partial charge in [0.1, 0.15) is 4.90 Å². The van der Waals surface area contributed by atoms with Crippen molar-refractivity contribution in [2.24, 2.45) is 0 Å². The maximum absolute atomic E-state index is 12.6. The number of piperazine rings is 1. The molecule has 1 saturated heterocycles. The van der Waals surface area contributed by atoms with Crippen molar-refractivity contribution in [1.82, 2.24) is 9.80 Å². The zero-order chi connectivity index (χ0) is 16.5. The second-order valence-corrected chi connectivity index (χ2v) is 8.27. The molecular formula is C14H21F5N2S. The van der Waals surface area contributed by atoms with Gasteiger partial charge in [0.25, 0.3) is 0 Å². The normalized spacial score (nSPS) is 21.4. The molecule has 1 aromatic rings. The Bertz CT molecular complexity index is 506. The van der Waals surface area contributed by atoms with Gasteiger partial charge < -0.3 is 9.80 Å². The van der Waals surface area contributed by atoms with Crippen LogP contribution in [0.2, 0.25) is 0 Å². The van der Waals surface area contributed by atoms with E-state index in [1.165, 1.54) is 0 Å². The predicted octanol–water partition coefficient (Wildman–Crippen LogP) is 4.52. The average Bonchev–Trinajstić information content (AvgIpc) is 2.39. The zero-order valence-corrected chi connectivity index (χ0v) is 13.3. The highest BCUT2D eigenvalue weighted by molar-refractivity contribution is 8.45. The van der Waals surface area contributed by atoms with Gasteiger partial charge in [-0.25, -0.2) is 0 Å². The van der Waals surface area contributed by atoms with Crippen LogP contribution < -0.4 is 0 Å². The van der Waals surface area contributed by atoms with Crippen molar-refractivity contribution in [2.45, 2.75) is 17.7 Å². The number of likely N-dealkylation sites (N-methyl/N-ethyl adjacent to an activating group) is 1. The summed E-state index contributed by atoms with van der Waals surface area (Å²) in [4.78, 5) is 2.74. The second-order valence-electron chi connectivity index (χ2n) is 5.86. The minimum absolute atomic E-state index is 0.493. The van der Waals surface area contributed by atoms with Gasteiger partial charge in [-0.05, 0) is 44.1 Å². The molecule has 0 aromatic heterocycles. The van der Waals surface area contributed by atoms with Crippen LogP contribution in [0.4, 0.5) is 19.4 Å². The Balaban J connectivity index is 1.85. The van der Waals surface area contributed by atoms with E-state index in [1.54, 1.807) is 0 Å². The SMILES string of the molecule is CN1CCN(CCCc2ccc(S(F)(F)(F)(F)F)cc2)CC1. The fraction of sp³-hybridized carbons (Fsp3) is 0.571. The van der Waals surface area contributed by atoms with Crippen molar-refractivity contribution >= 4 is 10.2 Å². The van der Waals surface area contributed by atoms with Crippen LogP contribution in [-0.2, 0) is 6.42 Å². The van der Waals surface area contributed by atoms with Crippen LogP contribution in [0.15, 0.2) is 29.2 Å². The first-order valence-electron chi connectivity index (χ1n) is 7.18. The van der Waals surface area contributed by atoms with Crippen LogP contribution in [0.25, 0.3) is 0 Å². The summed E-state index contributed by atoms with van der Waals surface area (Å²) in [5.41, 5.74) is 0.653. The summed E-state index contributed by atoms with van der Waals surface area (Å²) in [6.07, 6.45) is 1.40. The van der Waals surface area contributed by atoms with Gasteiger partial charge in [-0.2, -0.15) is 0 Å². The van der Waals surface area contributed by atoms with Gasteiger partial charge in [0.05, 0.1) is 0 Å². The van der Waals surface area contributed by atoms with Gasteiger partial charge in [-0.1, -0.05) is 31.6 Å². The van der Waals surface area contributed by atoms with E-state index in [-0.39, 0.29) is 0 Å². The summed E-state index contributed by atoms with van der Waals surface area (Å²) >= 11 is 0. The van der Waals surface area contributed by atoms with Gasteiger partial charge in [-0.3, -0.25) is 0 Å². The molecule has 0 amide bonds. The smallest absolute Gasteiger partial charge is 0.304 e. The third-order valence-corrected chi connectivity index (χ3v) is 5.07. The standard InChI is InChI=1S/C14H21F5N2S/c1-20-9-11-21(12-10-20)8-2-3-13-4-6-14(7-5-13)22(15,16,17,18)19/h4-7H,2-3,8-12H2,1H3. The number of hydrogen-bond donors (Lipinski definition) is 0. The van der Waals surface area contributed by atoms with Crippen molar-refractivity contribution in [1.29, 1.82) is 0 Å². The molecular weight excluding hydrogens is 323 g/mol. The fourth-order valence-corrected chi connectivity index (χ4v) is 3.14. The molecule has 128 valence electrons. The summed E-state index contributed by atoms with van der Waals surface area (Å²) in [7, 11) is -7.47. The molecule has 1 fully saturated rings. The van der Waals surface area contributed by atoms with E-state index in [4.69, 9.17) is 0 Å². The van der Waals surface area contributed by atoms with Crippen LogP contribution in [0, 0.1) is 0 Å². The Kier molecular flexibility index (Phi) is 4.25. The first-order valence-corrected chi connectivity index (χ1v) is 9.13. The van der Waals surface area contributed by atoms with E-state index in [1.807, 2.05) is 0 Å². The molecule has 0 bridgehead atoms. The Morgan fingerprint density at radius 3 is 1.95 bits per heavy atom. The van der Waals surface area contributed by atoms with Gasteiger partial charge >= 0.3 is 10.2 Å². The summed E-state index contributed by atoms with van der Waals surface area (Å²) in [5.74, 6) is 0. The van der Waals surface area contributed by atoms with Gasteiger partial charge in [-0.15, -0.1) is 0 Å². The third-order valence-electron chi connectivity index (χ3n) is 3.90. The molecule has 1 aliphatic heterocycles. The summed E-state index contributed by atoms with van der Waals surface area (Å²) < 4.78 is 63.0. The maximum Gasteiger partial charge on any atom is 0.310 e. The molecule has 1 heterocycles. The lowest BCUT2D eigenvalue weighted by Crippen LogP contribution is -2.44. The number of nitrogens with zero attached hydrogens (tertiary/aromatic N) is 2. The summed E-state index contributed by atoms with van der Waals surface area (Å²) in [6, 6.07) is 3.29. The number of halogens is 5. The first kappa shape index (κ1) is 17.5. The first-order chi connectivity index (χ1) is 9.94. The number of rotatable bonds is 5. The Hall–Kier alpha value is -0.860. The maximum atomic E-state index is 12.6. The van der Waals surface area contributed by atoms with Crippen LogP contribution >= 0.6 is 10.2 Å². The predicted molar refractivity (Wildman–Crippen MR) is 80.1 cm³/mol. The Morgan fingerprint density at radius 2 is 1.45 bits per heavy atom. The number of aryl methyl sites for hydroxylation is 1. The van der Waals surface area contributed by atoms with Crippen LogP contribution in [-0.4, -0.2) is 49.6 Å². The van der Waals surface area contributed by atoms with E-state index >= 15 is 0 Å². The average molecular weight is 344 g/mol. The summed E-state index contributed by atoms with van der Waals surface area (Å²) in [6.45, 7) is 4.87. The van der Waals surface area contributed by atoms with E-state index in [2.05, 4.69) is 16.8 Å². The highest BCUT2D eigenvalue weighted by Gasteiger charge is 2.65. The third kappa shape index (κ3) is 5.10. The second kappa shape index (κ2) is 5.35. The molecule has 0 atom stereocenters. The van der Waals surface area contributed by atoms with Gasteiger partial charge in [0.15, 0.2) is 0 Å². The van der Waals surface area contributed by atoms with E-state index in [0.717, 1.165) is 51.3 Å². The monoisotopic (exact) mass is 344 g/mol. The van der Waals surface area contributed by atoms with Gasteiger partial charge in [0, 0.05) is 26.2 Å². The highest BCUT2D eigenvalue weighted by atomic mass is 32.5. The molecule has 0 unspecified atom stereocenters. The fourth-order valence-electron chi connectivity index (χ4n) is 2.49. The van der Waals surface area contributed by atoms with E-state index in [9.17, 15) is 19.4 Å². The van der Waals surface area contributed by atoms with Crippen molar-refractivity contribution in [3.8, 4) is 0 Å². The minimum atomic E-state index is -9.54. The van der Waals surface area contributed by atoms with Crippen LogP contribution in [0.1, 0.15) is 12.0 Å².